The molecule has 3 N–H and O–H groups in total. The minimum Gasteiger partial charge on any atom is -0.492 e. The van der Waals surface area contributed by atoms with Gasteiger partial charge in [0.05, 0.1) is 18.1 Å². The summed E-state index contributed by atoms with van der Waals surface area (Å²) in [6, 6.07) is 25.9. The van der Waals surface area contributed by atoms with Crippen molar-refractivity contribution in [2.75, 3.05) is 6.61 Å². The first-order valence-electron chi connectivity index (χ1n) is 10.7. The predicted molar refractivity (Wildman–Crippen MR) is 133 cm³/mol. The molecule has 7 heteroatoms. The molecule has 0 aromatic heterocycles. The zero-order chi connectivity index (χ0) is 23.6. The van der Waals surface area contributed by atoms with E-state index in [1.165, 1.54) is 0 Å². The molecule has 0 saturated carbocycles. The average molecular weight is 462 g/mol. The Labute approximate surface area is 199 Å². The molecule has 0 saturated heterocycles. The van der Waals surface area contributed by atoms with Crippen LogP contribution in [0, 0.1) is 5.92 Å². The molecule has 0 radical (unpaired) electrons. The molecular weight excluding hydrogens is 434 g/mol. The Morgan fingerprint density at radius 2 is 1.36 bits per heavy atom. The van der Waals surface area contributed by atoms with E-state index in [-0.39, 0.29) is 11.0 Å². The van der Waals surface area contributed by atoms with Crippen molar-refractivity contribution in [3.05, 3.63) is 102 Å². The summed E-state index contributed by atoms with van der Waals surface area (Å²) in [6.45, 7) is 4.55. The fourth-order valence-corrected chi connectivity index (χ4v) is 3.36. The van der Waals surface area contributed by atoms with E-state index < -0.39 is 11.8 Å². The molecule has 0 bridgehead atoms. The van der Waals surface area contributed by atoms with Gasteiger partial charge in [0.15, 0.2) is 5.11 Å². The maximum absolute atomic E-state index is 13.0. The number of hydrogen-bond donors (Lipinski definition) is 3. The van der Waals surface area contributed by atoms with E-state index in [9.17, 15) is 9.59 Å². The van der Waals surface area contributed by atoms with E-state index >= 15 is 0 Å². The summed E-state index contributed by atoms with van der Waals surface area (Å²) in [7, 11) is 0. The second-order valence-corrected chi connectivity index (χ2v) is 8.26. The molecule has 3 aromatic carbocycles. The number of carbonyl (C=O) groups is 2. The van der Waals surface area contributed by atoms with Gasteiger partial charge < -0.3 is 4.74 Å². The van der Waals surface area contributed by atoms with Gasteiger partial charge in [0.2, 0.25) is 5.91 Å². The van der Waals surface area contributed by atoms with Gasteiger partial charge in [-0.2, -0.15) is 0 Å². The minimum absolute atomic E-state index is 0.0214. The van der Waals surface area contributed by atoms with Crippen LogP contribution in [0.5, 0.6) is 5.75 Å². The van der Waals surface area contributed by atoms with Gasteiger partial charge in [0, 0.05) is 0 Å². The molecule has 0 aliphatic carbocycles. The van der Waals surface area contributed by atoms with Gasteiger partial charge in [-0.25, -0.2) is 0 Å². The minimum atomic E-state index is -0.538. The standard InChI is InChI=1S/C26H27N3O3S/c1-18(2)17-32-22-16-10-9-15-21(22)24(30)27-26(33)29-28-25(31)23(19-11-5-3-6-12-19)20-13-7-4-8-14-20/h3-16,18,23H,17H2,1-2H3,(H,28,31)(H2,27,29,30,33). The fourth-order valence-electron chi connectivity index (χ4n) is 3.21. The van der Waals surface area contributed by atoms with Crippen molar-refractivity contribution in [1.82, 2.24) is 16.2 Å². The summed E-state index contributed by atoms with van der Waals surface area (Å²) in [5.74, 6) is -0.470. The second-order valence-electron chi connectivity index (χ2n) is 7.85. The lowest BCUT2D eigenvalue weighted by Crippen LogP contribution is -2.49. The Kier molecular flexibility index (Phi) is 8.55. The van der Waals surface area contributed by atoms with Crippen LogP contribution in [0.4, 0.5) is 0 Å². The van der Waals surface area contributed by atoms with Crippen molar-refractivity contribution in [3.8, 4) is 5.75 Å². The number of carbonyl (C=O) groups excluding carboxylic acids is 2. The topological polar surface area (TPSA) is 79.5 Å². The van der Waals surface area contributed by atoms with Gasteiger partial charge in [0.25, 0.3) is 5.91 Å². The first kappa shape index (κ1) is 23.9. The van der Waals surface area contributed by atoms with Gasteiger partial charge in [-0.1, -0.05) is 86.6 Å². The van der Waals surface area contributed by atoms with E-state index in [0.717, 1.165) is 11.1 Å². The molecule has 2 amide bonds. The summed E-state index contributed by atoms with van der Waals surface area (Å²) < 4.78 is 5.73. The maximum atomic E-state index is 13.0. The third-order valence-corrected chi connectivity index (χ3v) is 4.96. The molecule has 33 heavy (non-hydrogen) atoms. The Bertz CT molecular complexity index is 1050. The number of nitrogens with one attached hydrogen (secondary N) is 3. The van der Waals surface area contributed by atoms with Crippen LogP contribution in [-0.2, 0) is 4.79 Å². The number of hydrazine groups is 1. The average Bonchev–Trinajstić information content (AvgIpc) is 2.83. The summed E-state index contributed by atoms with van der Waals surface area (Å²) in [5.41, 5.74) is 7.29. The lowest BCUT2D eigenvalue weighted by atomic mass is 9.91. The highest BCUT2D eigenvalue weighted by molar-refractivity contribution is 7.80. The first-order valence-corrected chi connectivity index (χ1v) is 11.1. The number of thiocarbonyl (C=S) groups is 1. The Morgan fingerprint density at radius 1 is 0.818 bits per heavy atom. The number of para-hydroxylation sites is 1. The van der Waals surface area contributed by atoms with E-state index in [1.54, 1.807) is 24.3 Å². The Balaban J connectivity index is 1.64. The van der Waals surface area contributed by atoms with Gasteiger partial charge in [0.1, 0.15) is 5.75 Å². The van der Waals surface area contributed by atoms with Gasteiger partial charge >= 0.3 is 0 Å². The van der Waals surface area contributed by atoms with Crippen LogP contribution in [0.1, 0.15) is 41.3 Å². The molecular formula is C26H27N3O3S. The lowest BCUT2D eigenvalue weighted by molar-refractivity contribution is -0.122. The highest BCUT2D eigenvalue weighted by atomic mass is 32.1. The van der Waals surface area contributed by atoms with Gasteiger partial charge in [-0.3, -0.25) is 25.8 Å². The monoisotopic (exact) mass is 461 g/mol. The van der Waals surface area contributed by atoms with Gasteiger partial charge in [-0.05, 0) is 41.4 Å². The van der Waals surface area contributed by atoms with Crippen LogP contribution < -0.4 is 20.9 Å². The van der Waals surface area contributed by atoms with Crippen LogP contribution in [0.2, 0.25) is 0 Å². The van der Waals surface area contributed by atoms with E-state index in [0.29, 0.717) is 23.8 Å². The molecule has 170 valence electrons. The van der Waals surface area contributed by atoms with Crippen molar-refractivity contribution in [1.29, 1.82) is 0 Å². The molecule has 0 atom stereocenters. The molecule has 3 aromatic rings. The van der Waals surface area contributed by atoms with Crippen molar-refractivity contribution < 1.29 is 14.3 Å². The lowest BCUT2D eigenvalue weighted by Gasteiger charge is -2.19. The zero-order valence-electron chi connectivity index (χ0n) is 18.6. The van der Waals surface area contributed by atoms with Crippen molar-refractivity contribution >= 4 is 29.1 Å². The largest absolute Gasteiger partial charge is 0.492 e. The normalized spacial score (nSPS) is 10.5. The Morgan fingerprint density at radius 3 is 1.94 bits per heavy atom. The highest BCUT2D eigenvalue weighted by Gasteiger charge is 2.23. The zero-order valence-corrected chi connectivity index (χ0v) is 19.4. The third kappa shape index (κ3) is 6.89. The number of rotatable bonds is 7. The second kappa shape index (κ2) is 11.8. The van der Waals surface area contributed by atoms with Crippen molar-refractivity contribution in [2.45, 2.75) is 19.8 Å². The predicted octanol–water partition coefficient (Wildman–Crippen LogP) is 4.19. The molecule has 0 fully saturated rings. The Hall–Kier alpha value is -3.71. The maximum Gasteiger partial charge on any atom is 0.261 e. The summed E-state index contributed by atoms with van der Waals surface area (Å²) in [4.78, 5) is 25.8. The molecule has 3 rings (SSSR count). The number of hydrogen-bond acceptors (Lipinski definition) is 4. The van der Waals surface area contributed by atoms with Gasteiger partial charge in [-0.15, -0.1) is 0 Å². The smallest absolute Gasteiger partial charge is 0.261 e. The van der Waals surface area contributed by atoms with Crippen LogP contribution >= 0.6 is 12.2 Å². The molecule has 0 heterocycles. The number of benzene rings is 3. The summed E-state index contributed by atoms with van der Waals surface area (Å²) >= 11 is 5.22. The van der Waals surface area contributed by atoms with E-state index in [4.69, 9.17) is 17.0 Å². The molecule has 0 aliphatic rings. The summed E-state index contributed by atoms with van der Waals surface area (Å²) in [6.07, 6.45) is 0. The van der Waals surface area contributed by atoms with E-state index in [2.05, 4.69) is 16.2 Å². The van der Waals surface area contributed by atoms with E-state index in [1.807, 2.05) is 74.5 Å². The fraction of sp³-hybridized carbons (Fsp3) is 0.192. The summed E-state index contributed by atoms with van der Waals surface area (Å²) in [5, 5.41) is 2.56. The SMILES string of the molecule is CC(C)COc1ccccc1C(=O)NC(=S)NNC(=O)C(c1ccccc1)c1ccccc1. The van der Waals surface area contributed by atoms with Crippen LogP contribution in [0.25, 0.3) is 0 Å². The van der Waals surface area contributed by atoms with Crippen molar-refractivity contribution in [2.24, 2.45) is 5.92 Å². The quantitative estimate of drug-likeness (QED) is 0.363. The van der Waals surface area contributed by atoms with Crippen LogP contribution in [0.15, 0.2) is 84.9 Å². The molecule has 0 aliphatic heterocycles. The third-order valence-electron chi connectivity index (χ3n) is 4.76. The van der Waals surface area contributed by atoms with Crippen LogP contribution in [-0.4, -0.2) is 23.5 Å². The van der Waals surface area contributed by atoms with Crippen molar-refractivity contribution in [3.63, 3.8) is 0 Å². The van der Waals surface area contributed by atoms with Crippen LogP contribution in [0.3, 0.4) is 0 Å². The molecule has 6 nitrogen and oxygen atoms in total. The molecule has 0 unspecified atom stereocenters. The first-order chi connectivity index (χ1) is 16.0. The highest BCUT2D eigenvalue weighted by Crippen LogP contribution is 2.24. The molecule has 0 spiro atoms. The number of amides is 2. The number of ether oxygens (including phenoxy) is 1.